The van der Waals surface area contributed by atoms with Crippen LogP contribution in [-0.2, 0) is 12.7 Å². The molecule has 1 aliphatic heterocycles. The molecule has 1 aliphatic rings. The molecule has 3 rings (SSSR count). The summed E-state index contributed by atoms with van der Waals surface area (Å²) in [5.41, 5.74) is -0.250. The van der Waals surface area contributed by atoms with Gasteiger partial charge in [-0.25, -0.2) is 9.97 Å². The molecule has 1 saturated heterocycles. The van der Waals surface area contributed by atoms with Crippen molar-refractivity contribution >= 4 is 45.9 Å². The monoisotopic (exact) mass is 470 g/mol. The molecular weight excluding hydrogens is 456 g/mol. The Morgan fingerprint density at radius 3 is 2.62 bits per heavy atom. The first-order chi connectivity index (χ1) is 11.8. The van der Waals surface area contributed by atoms with Crippen LogP contribution in [0.3, 0.4) is 0 Å². The van der Waals surface area contributed by atoms with E-state index >= 15 is 0 Å². The van der Waals surface area contributed by atoms with Crippen LogP contribution in [0.25, 0.3) is 0 Å². The summed E-state index contributed by atoms with van der Waals surface area (Å²) >= 11 is 9.32. The van der Waals surface area contributed by atoms with Gasteiger partial charge < -0.3 is 10.2 Å². The largest absolute Gasteiger partial charge is 0.416 e. The molecule has 0 amide bonds. The lowest BCUT2D eigenvalue weighted by atomic mass is 10.1. The third-order valence-corrected chi connectivity index (χ3v) is 4.81. The van der Waals surface area contributed by atoms with E-state index in [1.165, 1.54) is 6.07 Å². The van der Waals surface area contributed by atoms with Gasteiger partial charge >= 0.3 is 6.18 Å². The second kappa shape index (κ2) is 8.73. The molecule has 142 valence electrons. The molecular formula is C16H16BrCl2F3N4. The number of alkyl halides is 3. The molecule has 0 radical (unpaired) electrons. The highest BCUT2D eigenvalue weighted by Gasteiger charge is 2.31. The van der Waals surface area contributed by atoms with E-state index in [1.807, 2.05) is 4.90 Å². The lowest BCUT2D eigenvalue weighted by Gasteiger charge is -2.17. The van der Waals surface area contributed by atoms with Crippen molar-refractivity contribution in [2.75, 3.05) is 18.0 Å². The van der Waals surface area contributed by atoms with Gasteiger partial charge in [-0.3, -0.25) is 0 Å². The fraction of sp³-hybridized carbons (Fsp3) is 0.375. The molecule has 2 heterocycles. The summed E-state index contributed by atoms with van der Waals surface area (Å²) in [4.78, 5) is 10.6. The molecule has 0 spiro atoms. The van der Waals surface area contributed by atoms with Crippen LogP contribution in [0.2, 0.25) is 5.02 Å². The molecule has 1 aromatic carbocycles. The van der Waals surface area contributed by atoms with E-state index in [0.717, 1.165) is 29.6 Å². The third-order valence-electron chi connectivity index (χ3n) is 4.03. The van der Waals surface area contributed by atoms with Gasteiger partial charge in [0, 0.05) is 43.1 Å². The van der Waals surface area contributed by atoms with E-state index < -0.39 is 11.7 Å². The number of hydrogen-bond acceptors (Lipinski definition) is 4. The maximum absolute atomic E-state index is 12.8. The summed E-state index contributed by atoms with van der Waals surface area (Å²) in [5.74, 6) is 0.643. The van der Waals surface area contributed by atoms with Gasteiger partial charge in [-0.2, -0.15) is 13.2 Å². The standard InChI is InChI=1S/C16H15BrClF3N4.ClH/c17-12-7-23-15(24-8-12)25-4-3-13(9-25)22-6-10-5-11(16(19,20)21)1-2-14(10)18;/h1-2,5,7-8,13,22H,3-4,6,9H2;1H. The van der Waals surface area contributed by atoms with Gasteiger partial charge in [0.05, 0.1) is 10.0 Å². The van der Waals surface area contributed by atoms with Crippen molar-refractivity contribution in [2.24, 2.45) is 0 Å². The summed E-state index contributed by atoms with van der Waals surface area (Å²) in [6.07, 6.45) is -0.143. The molecule has 1 atom stereocenters. The van der Waals surface area contributed by atoms with E-state index in [9.17, 15) is 13.2 Å². The highest BCUT2D eigenvalue weighted by Crippen LogP contribution is 2.31. The SMILES string of the molecule is Cl.FC(F)(F)c1ccc(Cl)c(CNC2CCN(c3ncc(Br)cn3)C2)c1. The summed E-state index contributed by atoms with van der Waals surface area (Å²) in [7, 11) is 0. The minimum atomic E-state index is -4.37. The van der Waals surface area contributed by atoms with Gasteiger partial charge in [0.15, 0.2) is 0 Å². The number of halogens is 6. The first-order valence-electron chi connectivity index (χ1n) is 7.64. The Labute approximate surface area is 168 Å². The number of benzene rings is 1. The van der Waals surface area contributed by atoms with Crippen LogP contribution in [0.4, 0.5) is 19.1 Å². The van der Waals surface area contributed by atoms with Crippen LogP contribution in [0.1, 0.15) is 17.5 Å². The molecule has 1 fully saturated rings. The molecule has 10 heteroatoms. The third kappa shape index (κ3) is 5.22. The van der Waals surface area contributed by atoms with Crippen molar-refractivity contribution in [1.82, 2.24) is 15.3 Å². The Bertz CT molecular complexity index is 743. The zero-order chi connectivity index (χ0) is 18.0. The first-order valence-corrected chi connectivity index (χ1v) is 8.81. The molecule has 1 unspecified atom stereocenters. The topological polar surface area (TPSA) is 41.0 Å². The molecule has 4 nitrogen and oxygen atoms in total. The van der Waals surface area contributed by atoms with Crippen molar-refractivity contribution in [1.29, 1.82) is 0 Å². The Balaban J connectivity index is 0.00000243. The lowest BCUT2D eigenvalue weighted by Crippen LogP contribution is -2.32. The fourth-order valence-corrected chi connectivity index (χ4v) is 3.11. The summed E-state index contributed by atoms with van der Waals surface area (Å²) < 4.78 is 39.3. The summed E-state index contributed by atoms with van der Waals surface area (Å²) in [6.45, 7) is 1.76. The predicted molar refractivity (Wildman–Crippen MR) is 101 cm³/mol. The Morgan fingerprint density at radius 1 is 1.27 bits per heavy atom. The Morgan fingerprint density at radius 2 is 1.96 bits per heavy atom. The van der Waals surface area contributed by atoms with Crippen molar-refractivity contribution < 1.29 is 13.2 Å². The zero-order valence-corrected chi connectivity index (χ0v) is 16.6. The second-order valence-electron chi connectivity index (χ2n) is 5.82. The number of nitrogens with one attached hydrogen (secondary N) is 1. The number of anilines is 1. The van der Waals surface area contributed by atoms with Crippen LogP contribution in [-0.4, -0.2) is 29.1 Å². The van der Waals surface area contributed by atoms with Gasteiger partial charge in [0.2, 0.25) is 5.95 Å². The van der Waals surface area contributed by atoms with Crippen molar-refractivity contribution in [3.05, 3.63) is 51.2 Å². The minimum absolute atomic E-state index is 0. The first kappa shape index (κ1) is 21.2. The molecule has 26 heavy (non-hydrogen) atoms. The number of rotatable bonds is 4. The van der Waals surface area contributed by atoms with E-state index in [4.69, 9.17) is 11.6 Å². The molecule has 1 aromatic heterocycles. The maximum atomic E-state index is 12.8. The van der Waals surface area contributed by atoms with Crippen LogP contribution < -0.4 is 10.2 Å². The van der Waals surface area contributed by atoms with Crippen molar-refractivity contribution in [3.63, 3.8) is 0 Å². The molecule has 0 saturated carbocycles. The summed E-state index contributed by atoms with van der Waals surface area (Å²) in [6, 6.07) is 3.52. The maximum Gasteiger partial charge on any atom is 0.416 e. The number of aromatic nitrogens is 2. The molecule has 0 bridgehead atoms. The van der Waals surface area contributed by atoms with Crippen LogP contribution >= 0.6 is 39.9 Å². The smallest absolute Gasteiger partial charge is 0.339 e. The average Bonchev–Trinajstić information content (AvgIpc) is 3.02. The van der Waals surface area contributed by atoms with E-state index in [1.54, 1.807) is 12.4 Å². The van der Waals surface area contributed by atoms with E-state index in [0.29, 0.717) is 23.1 Å². The minimum Gasteiger partial charge on any atom is -0.339 e. The lowest BCUT2D eigenvalue weighted by molar-refractivity contribution is -0.137. The quantitative estimate of drug-likeness (QED) is 0.701. The molecule has 1 N–H and O–H groups in total. The highest BCUT2D eigenvalue weighted by molar-refractivity contribution is 9.10. The van der Waals surface area contributed by atoms with Gasteiger partial charge in [-0.05, 0) is 46.1 Å². The second-order valence-corrected chi connectivity index (χ2v) is 7.14. The van der Waals surface area contributed by atoms with Crippen molar-refractivity contribution in [2.45, 2.75) is 25.2 Å². The van der Waals surface area contributed by atoms with Gasteiger partial charge in [0.25, 0.3) is 0 Å². The predicted octanol–water partition coefficient (Wildman–Crippen LogP) is 4.70. The molecule has 0 aliphatic carbocycles. The summed E-state index contributed by atoms with van der Waals surface area (Å²) in [5, 5.41) is 3.60. The average molecular weight is 472 g/mol. The van der Waals surface area contributed by atoms with E-state index in [-0.39, 0.29) is 25.0 Å². The van der Waals surface area contributed by atoms with Gasteiger partial charge in [0.1, 0.15) is 0 Å². The Hall–Kier alpha value is -1.09. The van der Waals surface area contributed by atoms with E-state index in [2.05, 4.69) is 31.2 Å². The number of hydrogen-bond donors (Lipinski definition) is 1. The molecule has 2 aromatic rings. The van der Waals surface area contributed by atoms with Gasteiger partial charge in [-0.15, -0.1) is 12.4 Å². The fourth-order valence-electron chi connectivity index (χ4n) is 2.72. The zero-order valence-electron chi connectivity index (χ0n) is 13.4. The number of nitrogens with zero attached hydrogens (tertiary/aromatic N) is 3. The normalized spacial score (nSPS) is 17.3. The van der Waals surface area contributed by atoms with Crippen LogP contribution in [0.15, 0.2) is 35.1 Å². The van der Waals surface area contributed by atoms with Crippen LogP contribution in [0, 0.1) is 0 Å². The van der Waals surface area contributed by atoms with Crippen molar-refractivity contribution in [3.8, 4) is 0 Å². The van der Waals surface area contributed by atoms with Crippen LogP contribution in [0.5, 0.6) is 0 Å². The Kier molecular flexibility index (Phi) is 7.12. The van der Waals surface area contributed by atoms with Gasteiger partial charge in [-0.1, -0.05) is 11.6 Å². The highest BCUT2D eigenvalue weighted by atomic mass is 79.9.